The first-order valence-corrected chi connectivity index (χ1v) is 5.60. The average Bonchev–Trinajstić information content (AvgIpc) is 2.18. The molecule has 0 spiro atoms. The summed E-state index contributed by atoms with van der Waals surface area (Å²) >= 11 is 0. The molecule has 0 N–H and O–H groups in total. The number of carbonyl (C=O) groups is 1. The minimum Gasteiger partial charge on any atom is -0.459 e. The van der Waals surface area contributed by atoms with Crippen molar-refractivity contribution in [3.8, 4) is 0 Å². The van der Waals surface area contributed by atoms with E-state index in [-0.39, 0.29) is 11.6 Å². The molecule has 0 fully saturated rings. The van der Waals surface area contributed by atoms with Crippen LogP contribution in [0.1, 0.15) is 59.8 Å². The molecule has 0 aliphatic rings. The Morgan fingerprint density at radius 1 is 1.36 bits per heavy atom. The van der Waals surface area contributed by atoms with Gasteiger partial charge in [-0.05, 0) is 26.2 Å². The number of hydrogen-bond donors (Lipinski definition) is 0. The van der Waals surface area contributed by atoms with Gasteiger partial charge in [0.05, 0.1) is 6.42 Å². The van der Waals surface area contributed by atoms with Gasteiger partial charge in [-0.25, -0.2) is 0 Å². The van der Waals surface area contributed by atoms with Crippen molar-refractivity contribution in [2.24, 2.45) is 0 Å². The maximum absolute atomic E-state index is 11.1. The Morgan fingerprint density at radius 3 is 2.43 bits per heavy atom. The van der Waals surface area contributed by atoms with Crippen molar-refractivity contribution in [3.05, 3.63) is 6.42 Å². The molecule has 0 rings (SSSR count). The van der Waals surface area contributed by atoms with Crippen molar-refractivity contribution in [1.82, 2.24) is 0 Å². The molecule has 2 heteroatoms. The Bertz CT molecular complexity index is 166. The molecule has 83 valence electrons. The van der Waals surface area contributed by atoms with Gasteiger partial charge in [0.1, 0.15) is 5.60 Å². The fourth-order valence-corrected chi connectivity index (χ4v) is 1.35. The number of ether oxygens (including phenoxy) is 1. The number of hydrogen-bond acceptors (Lipinski definition) is 2. The maximum atomic E-state index is 11.1. The Morgan fingerprint density at radius 2 is 2.00 bits per heavy atom. The fraction of sp³-hybridized carbons (Fsp3) is 0.833. The highest BCUT2D eigenvalue weighted by atomic mass is 16.6. The lowest BCUT2D eigenvalue weighted by Gasteiger charge is -2.28. The quantitative estimate of drug-likeness (QED) is 0.463. The number of unbranched alkanes of at least 4 members (excludes halogenated alkanes) is 2. The van der Waals surface area contributed by atoms with E-state index < -0.39 is 0 Å². The van der Waals surface area contributed by atoms with Gasteiger partial charge in [-0.15, -0.1) is 0 Å². The zero-order valence-electron chi connectivity index (χ0n) is 9.93. The van der Waals surface area contributed by atoms with Gasteiger partial charge in [-0.3, -0.25) is 4.79 Å². The molecule has 0 aromatic carbocycles. The van der Waals surface area contributed by atoms with Gasteiger partial charge in [-0.2, -0.15) is 0 Å². The Kier molecular flexibility index (Phi) is 6.60. The number of esters is 1. The second-order valence-electron chi connectivity index (χ2n) is 3.97. The molecule has 0 heterocycles. The van der Waals surface area contributed by atoms with Crippen LogP contribution in [0.15, 0.2) is 0 Å². The number of carbonyl (C=O) groups excluding carboxylic acids is 1. The summed E-state index contributed by atoms with van der Waals surface area (Å²) in [6.45, 7) is 7.97. The normalized spacial score (nSPS) is 14.9. The van der Waals surface area contributed by atoms with Crippen LogP contribution in [0.2, 0.25) is 0 Å². The standard InChI is InChI=1S/C12H23O2/c1-5-8-9-10-12(4,7-3)14-11(13)6-2/h6H,5,7-10H2,1-4H3. The first-order chi connectivity index (χ1) is 6.58. The van der Waals surface area contributed by atoms with Crippen molar-refractivity contribution in [2.75, 3.05) is 0 Å². The number of rotatable bonds is 7. The van der Waals surface area contributed by atoms with E-state index in [0.29, 0.717) is 0 Å². The zero-order valence-corrected chi connectivity index (χ0v) is 9.93. The second kappa shape index (κ2) is 6.86. The van der Waals surface area contributed by atoms with Crippen LogP contribution in [0.5, 0.6) is 0 Å². The third kappa shape index (κ3) is 5.25. The van der Waals surface area contributed by atoms with Crippen molar-refractivity contribution in [3.63, 3.8) is 0 Å². The predicted octanol–water partition coefficient (Wildman–Crippen LogP) is 3.50. The van der Waals surface area contributed by atoms with E-state index in [1.165, 1.54) is 19.3 Å². The van der Waals surface area contributed by atoms with E-state index in [9.17, 15) is 4.79 Å². The fourth-order valence-electron chi connectivity index (χ4n) is 1.35. The molecule has 2 nitrogen and oxygen atoms in total. The minimum absolute atomic E-state index is 0.203. The monoisotopic (exact) mass is 199 g/mol. The van der Waals surface area contributed by atoms with E-state index in [4.69, 9.17) is 4.74 Å². The van der Waals surface area contributed by atoms with Crippen LogP contribution >= 0.6 is 0 Å². The van der Waals surface area contributed by atoms with Crippen LogP contribution in [0.3, 0.4) is 0 Å². The van der Waals surface area contributed by atoms with E-state index in [0.717, 1.165) is 19.3 Å². The van der Waals surface area contributed by atoms with Crippen molar-refractivity contribution in [2.45, 2.75) is 65.4 Å². The molecule has 1 radical (unpaired) electrons. The SMILES string of the molecule is C[CH]C(=O)OC(C)(CC)CCCCC. The van der Waals surface area contributed by atoms with Gasteiger partial charge in [0.15, 0.2) is 0 Å². The van der Waals surface area contributed by atoms with Gasteiger partial charge in [0.2, 0.25) is 0 Å². The Hall–Kier alpha value is -0.530. The second-order valence-corrected chi connectivity index (χ2v) is 3.97. The summed E-state index contributed by atoms with van der Waals surface area (Å²) in [7, 11) is 0. The smallest absolute Gasteiger partial charge is 0.310 e. The average molecular weight is 199 g/mol. The van der Waals surface area contributed by atoms with Crippen LogP contribution in [0, 0.1) is 6.42 Å². The molecule has 0 aliphatic carbocycles. The van der Waals surface area contributed by atoms with Crippen LogP contribution in [-0.2, 0) is 9.53 Å². The summed E-state index contributed by atoms with van der Waals surface area (Å²) in [4.78, 5) is 11.1. The highest BCUT2D eigenvalue weighted by Gasteiger charge is 2.25. The lowest BCUT2D eigenvalue weighted by atomic mass is 9.95. The van der Waals surface area contributed by atoms with Gasteiger partial charge >= 0.3 is 5.97 Å². The topological polar surface area (TPSA) is 26.3 Å². The van der Waals surface area contributed by atoms with Crippen LogP contribution < -0.4 is 0 Å². The molecule has 0 aliphatic heterocycles. The highest BCUT2D eigenvalue weighted by molar-refractivity contribution is 5.78. The van der Waals surface area contributed by atoms with Crippen molar-refractivity contribution < 1.29 is 9.53 Å². The minimum atomic E-state index is -0.265. The molecule has 1 atom stereocenters. The van der Waals surface area contributed by atoms with Crippen molar-refractivity contribution >= 4 is 5.97 Å². The lowest BCUT2D eigenvalue weighted by Crippen LogP contribution is -2.30. The third-order valence-corrected chi connectivity index (χ3v) is 2.64. The predicted molar refractivity (Wildman–Crippen MR) is 58.9 cm³/mol. The summed E-state index contributed by atoms with van der Waals surface area (Å²) in [6.07, 6.45) is 6.88. The highest BCUT2D eigenvalue weighted by Crippen LogP contribution is 2.23. The van der Waals surface area contributed by atoms with E-state index in [1.807, 2.05) is 6.92 Å². The summed E-state index contributed by atoms with van der Waals surface area (Å²) in [5.74, 6) is -0.203. The molecule has 1 unspecified atom stereocenters. The van der Waals surface area contributed by atoms with E-state index >= 15 is 0 Å². The van der Waals surface area contributed by atoms with Crippen LogP contribution in [-0.4, -0.2) is 11.6 Å². The van der Waals surface area contributed by atoms with Crippen LogP contribution in [0.4, 0.5) is 0 Å². The van der Waals surface area contributed by atoms with Gasteiger partial charge in [-0.1, -0.05) is 33.6 Å². The molecular formula is C12H23O2. The summed E-state index contributed by atoms with van der Waals surface area (Å²) in [5.41, 5.74) is -0.265. The largest absolute Gasteiger partial charge is 0.459 e. The first kappa shape index (κ1) is 13.5. The lowest BCUT2D eigenvalue weighted by molar-refractivity contribution is -0.154. The molecule has 0 aromatic heterocycles. The summed E-state index contributed by atoms with van der Waals surface area (Å²) in [6, 6.07) is 0. The molecule has 0 saturated carbocycles. The Balaban J connectivity index is 3.97. The van der Waals surface area contributed by atoms with Gasteiger partial charge in [0, 0.05) is 0 Å². The first-order valence-electron chi connectivity index (χ1n) is 5.60. The van der Waals surface area contributed by atoms with Crippen molar-refractivity contribution in [1.29, 1.82) is 0 Å². The molecule has 0 amide bonds. The summed E-state index contributed by atoms with van der Waals surface area (Å²) in [5, 5.41) is 0. The maximum Gasteiger partial charge on any atom is 0.310 e. The molecule has 0 saturated heterocycles. The molecule has 0 aromatic rings. The third-order valence-electron chi connectivity index (χ3n) is 2.64. The Labute approximate surface area is 88.0 Å². The van der Waals surface area contributed by atoms with E-state index in [2.05, 4.69) is 13.8 Å². The van der Waals surface area contributed by atoms with Gasteiger partial charge < -0.3 is 4.74 Å². The summed E-state index contributed by atoms with van der Waals surface area (Å²) < 4.78 is 5.39. The zero-order chi connectivity index (χ0) is 11.0. The molecule has 14 heavy (non-hydrogen) atoms. The molecule has 0 bridgehead atoms. The molecular weight excluding hydrogens is 176 g/mol. The van der Waals surface area contributed by atoms with Gasteiger partial charge in [0.25, 0.3) is 0 Å². The van der Waals surface area contributed by atoms with E-state index in [1.54, 1.807) is 6.92 Å². The van der Waals surface area contributed by atoms with Crippen LogP contribution in [0.25, 0.3) is 0 Å².